The molecule has 9 heteroatoms. The van der Waals surface area contributed by atoms with Crippen molar-refractivity contribution in [3.63, 3.8) is 0 Å². The van der Waals surface area contributed by atoms with E-state index in [4.69, 9.17) is 11.1 Å². The van der Waals surface area contributed by atoms with Crippen LogP contribution >= 0.6 is 0 Å². The average molecular weight is 586 g/mol. The van der Waals surface area contributed by atoms with E-state index in [2.05, 4.69) is 63.7 Å². The maximum atomic E-state index is 12.6. The molecule has 9 nitrogen and oxygen atoms in total. The molecule has 0 saturated heterocycles. The van der Waals surface area contributed by atoms with Gasteiger partial charge in [0.1, 0.15) is 23.7 Å². The molecular formula is C35H35N7O2. The van der Waals surface area contributed by atoms with Crippen molar-refractivity contribution in [1.82, 2.24) is 20.3 Å². The van der Waals surface area contributed by atoms with Crippen molar-refractivity contribution in [2.24, 2.45) is 0 Å². The quantitative estimate of drug-likeness (QED) is 0.127. The molecule has 1 aliphatic carbocycles. The molecule has 0 radical (unpaired) electrons. The fourth-order valence-electron chi connectivity index (χ4n) is 4.79. The Balaban J connectivity index is 0.000000418. The number of carbonyl (C=O) groups is 1. The van der Waals surface area contributed by atoms with Crippen molar-refractivity contribution in [1.29, 1.82) is 5.41 Å². The van der Waals surface area contributed by atoms with Crippen LogP contribution in [-0.4, -0.2) is 43.8 Å². The van der Waals surface area contributed by atoms with E-state index in [0.29, 0.717) is 35.6 Å². The highest BCUT2D eigenvalue weighted by molar-refractivity contribution is 6.16. The fraction of sp³-hybridized carbons (Fsp3) is 0.171. The van der Waals surface area contributed by atoms with E-state index in [0.717, 1.165) is 16.3 Å². The second-order valence-corrected chi connectivity index (χ2v) is 10.7. The number of amides is 1. The Labute approximate surface area is 256 Å². The lowest BCUT2D eigenvalue weighted by Crippen LogP contribution is -2.23. The van der Waals surface area contributed by atoms with Gasteiger partial charge < -0.3 is 21.5 Å². The number of hydrogen-bond acceptors (Lipinski definition) is 8. The molecule has 2 atom stereocenters. The molecule has 2 unspecified atom stereocenters. The number of anilines is 2. The number of aliphatic hydroxyl groups excluding tert-OH is 1. The van der Waals surface area contributed by atoms with Crippen molar-refractivity contribution >= 4 is 34.0 Å². The van der Waals surface area contributed by atoms with E-state index in [1.54, 1.807) is 30.5 Å². The summed E-state index contributed by atoms with van der Waals surface area (Å²) in [4.78, 5) is 25.2. The summed E-state index contributed by atoms with van der Waals surface area (Å²) >= 11 is 0. The summed E-state index contributed by atoms with van der Waals surface area (Å²) in [5, 5.41) is 26.5. The van der Waals surface area contributed by atoms with Gasteiger partial charge in [0.05, 0.1) is 17.4 Å². The smallest absolute Gasteiger partial charge is 0.270 e. The van der Waals surface area contributed by atoms with Crippen LogP contribution in [0.2, 0.25) is 0 Å². The Bertz CT molecular complexity index is 1800. The van der Waals surface area contributed by atoms with Gasteiger partial charge in [-0.25, -0.2) is 9.97 Å². The third kappa shape index (κ3) is 7.32. The predicted octanol–water partition coefficient (Wildman–Crippen LogP) is 5.36. The monoisotopic (exact) mass is 585 g/mol. The zero-order valence-corrected chi connectivity index (χ0v) is 24.7. The lowest BCUT2D eigenvalue weighted by atomic mass is 10.0. The summed E-state index contributed by atoms with van der Waals surface area (Å²) < 4.78 is 0. The van der Waals surface area contributed by atoms with Gasteiger partial charge >= 0.3 is 0 Å². The van der Waals surface area contributed by atoms with Gasteiger partial charge in [-0.05, 0) is 42.0 Å². The van der Waals surface area contributed by atoms with E-state index in [-0.39, 0.29) is 23.5 Å². The molecule has 2 aromatic heterocycles. The number of aryl methyl sites for hydroxylation is 2. The molecule has 222 valence electrons. The van der Waals surface area contributed by atoms with E-state index < -0.39 is 6.10 Å². The van der Waals surface area contributed by atoms with Crippen molar-refractivity contribution in [2.75, 3.05) is 11.1 Å². The maximum absolute atomic E-state index is 12.6. The van der Waals surface area contributed by atoms with Crippen LogP contribution in [-0.2, 0) is 6.54 Å². The first-order valence-electron chi connectivity index (χ1n) is 14.4. The molecule has 2 heterocycles. The Morgan fingerprint density at radius 1 is 0.932 bits per heavy atom. The van der Waals surface area contributed by atoms with Crippen LogP contribution in [0.3, 0.4) is 0 Å². The van der Waals surface area contributed by atoms with Crippen molar-refractivity contribution in [3.8, 4) is 0 Å². The summed E-state index contributed by atoms with van der Waals surface area (Å²) in [6, 6.07) is 25.1. The predicted molar refractivity (Wildman–Crippen MR) is 175 cm³/mol. The molecule has 0 aliphatic heterocycles. The minimum atomic E-state index is -0.505. The zero-order chi connectivity index (χ0) is 31.1. The number of benzene rings is 3. The molecule has 0 bridgehead atoms. The Hall–Kier alpha value is -5.41. The molecular weight excluding hydrogens is 550 g/mol. The van der Waals surface area contributed by atoms with E-state index in [9.17, 15) is 9.90 Å². The molecule has 0 spiro atoms. The molecule has 1 aliphatic rings. The first kappa shape index (κ1) is 30.1. The Kier molecular flexibility index (Phi) is 9.37. The third-order valence-electron chi connectivity index (χ3n) is 7.49. The SMILES string of the molecule is Cc1ccccc1C.N=C(c1ccc(CNC(=O)c2cc3ccccc3cn2)cc1)c1c(N)ncnc1NC1C=CC(O)C1. The van der Waals surface area contributed by atoms with Gasteiger partial charge in [-0.2, -0.15) is 0 Å². The van der Waals surface area contributed by atoms with Crippen LogP contribution in [0.5, 0.6) is 0 Å². The second-order valence-electron chi connectivity index (χ2n) is 10.7. The number of hydrogen-bond donors (Lipinski definition) is 5. The number of nitrogens with zero attached hydrogens (tertiary/aromatic N) is 3. The molecule has 6 rings (SSSR count). The number of nitrogens with two attached hydrogens (primary N) is 1. The van der Waals surface area contributed by atoms with Gasteiger partial charge in [-0.3, -0.25) is 15.2 Å². The number of carbonyl (C=O) groups excluding carboxylic acids is 1. The van der Waals surface area contributed by atoms with Gasteiger partial charge in [-0.1, -0.05) is 84.9 Å². The van der Waals surface area contributed by atoms with Gasteiger partial charge in [0.2, 0.25) is 0 Å². The maximum Gasteiger partial charge on any atom is 0.270 e. The van der Waals surface area contributed by atoms with Crippen LogP contribution in [0.15, 0.2) is 104 Å². The minimum absolute atomic E-state index is 0.107. The van der Waals surface area contributed by atoms with Crippen LogP contribution in [0.4, 0.5) is 11.6 Å². The number of rotatable bonds is 7. The summed E-state index contributed by atoms with van der Waals surface area (Å²) in [6.07, 6.45) is 6.64. The lowest BCUT2D eigenvalue weighted by molar-refractivity contribution is 0.0946. The van der Waals surface area contributed by atoms with Crippen LogP contribution in [0, 0.1) is 19.3 Å². The molecule has 3 aromatic carbocycles. The van der Waals surface area contributed by atoms with Crippen LogP contribution in [0.25, 0.3) is 10.8 Å². The number of nitrogen functional groups attached to an aromatic ring is 1. The molecule has 44 heavy (non-hydrogen) atoms. The van der Waals surface area contributed by atoms with E-state index in [1.807, 2.05) is 42.5 Å². The molecule has 5 aromatic rings. The lowest BCUT2D eigenvalue weighted by Gasteiger charge is -2.17. The summed E-state index contributed by atoms with van der Waals surface area (Å²) in [7, 11) is 0. The first-order chi connectivity index (χ1) is 21.3. The van der Waals surface area contributed by atoms with Crippen LogP contribution in [0.1, 0.15) is 44.7 Å². The topological polar surface area (TPSA) is 150 Å². The fourth-order valence-corrected chi connectivity index (χ4v) is 4.79. The highest BCUT2D eigenvalue weighted by Gasteiger charge is 2.21. The molecule has 6 N–H and O–H groups in total. The highest BCUT2D eigenvalue weighted by atomic mass is 16.3. The third-order valence-corrected chi connectivity index (χ3v) is 7.49. The van der Waals surface area contributed by atoms with Crippen LogP contribution < -0.4 is 16.4 Å². The van der Waals surface area contributed by atoms with E-state index >= 15 is 0 Å². The highest BCUT2D eigenvalue weighted by Crippen LogP contribution is 2.25. The first-order valence-corrected chi connectivity index (χ1v) is 14.4. The normalized spacial score (nSPS) is 15.3. The Morgan fingerprint density at radius 2 is 1.61 bits per heavy atom. The van der Waals surface area contributed by atoms with Gasteiger partial charge in [0, 0.05) is 36.2 Å². The van der Waals surface area contributed by atoms with Crippen molar-refractivity contribution < 1.29 is 9.90 Å². The molecule has 1 amide bonds. The van der Waals surface area contributed by atoms with Gasteiger partial charge in [0.25, 0.3) is 5.91 Å². The van der Waals surface area contributed by atoms with Gasteiger partial charge in [-0.15, -0.1) is 0 Å². The van der Waals surface area contributed by atoms with Crippen molar-refractivity contribution in [3.05, 3.63) is 137 Å². The average Bonchev–Trinajstić information content (AvgIpc) is 3.45. The number of nitrogens with one attached hydrogen (secondary N) is 3. The number of aliphatic hydroxyl groups is 1. The van der Waals surface area contributed by atoms with E-state index in [1.165, 1.54) is 17.5 Å². The Morgan fingerprint density at radius 3 is 2.27 bits per heavy atom. The number of pyridine rings is 1. The number of fused-ring (bicyclic) bond motifs is 1. The second kappa shape index (κ2) is 13.7. The van der Waals surface area contributed by atoms with Crippen molar-refractivity contribution in [2.45, 2.75) is 39.0 Å². The van der Waals surface area contributed by atoms with Gasteiger partial charge in [0.15, 0.2) is 0 Å². The summed E-state index contributed by atoms with van der Waals surface area (Å²) in [5.74, 6) is 0.378. The zero-order valence-electron chi connectivity index (χ0n) is 24.7. The molecule has 0 saturated carbocycles. The summed E-state index contributed by atoms with van der Waals surface area (Å²) in [6.45, 7) is 4.56. The summed E-state index contributed by atoms with van der Waals surface area (Å²) in [5.41, 5.74) is 11.3. The standard InChI is InChI=1S/C27H25N7O2.C8H10/c28-24(23-25(29)32-15-33-26(23)34-20-9-10-21(35)12-20)17-7-5-16(6-8-17)13-31-27(36)22-11-18-3-1-2-4-19(18)14-30-22;1-7-5-3-4-6-8(7)2/h1-11,14-15,20-21,28,35H,12-13H2,(H,31,36)(H3,29,32,33,34);3-6H,1-2H3. The minimum Gasteiger partial charge on any atom is -0.389 e. The largest absolute Gasteiger partial charge is 0.389 e. The number of aromatic nitrogens is 3. The molecule has 0 fully saturated rings.